The summed E-state index contributed by atoms with van der Waals surface area (Å²) in [5.74, 6) is 3.21. The van der Waals surface area contributed by atoms with Gasteiger partial charge in [0.2, 0.25) is 6.79 Å². The van der Waals surface area contributed by atoms with Crippen molar-refractivity contribution in [2.75, 3.05) is 21.0 Å². The predicted molar refractivity (Wildman–Crippen MR) is 89.2 cm³/mol. The zero-order chi connectivity index (χ0) is 16.3. The molecule has 0 atom stereocenters. The smallest absolute Gasteiger partial charge is 0.231 e. The van der Waals surface area contributed by atoms with Gasteiger partial charge >= 0.3 is 0 Å². The number of ether oxygens (including phenoxy) is 4. The van der Waals surface area contributed by atoms with Crippen LogP contribution in [0.3, 0.4) is 0 Å². The van der Waals surface area contributed by atoms with Gasteiger partial charge in [0, 0.05) is 29.0 Å². The van der Waals surface area contributed by atoms with Crippen molar-refractivity contribution in [3.05, 3.63) is 41.6 Å². The van der Waals surface area contributed by atoms with Crippen LogP contribution in [0.5, 0.6) is 23.0 Å². The van der Waals surface area contributed by atoms with Gasteiger partial charge in [0.05, 0.1) is 19.9 Å². The minimum atomic E-state index is 0.279. The first kappa shape index (κ1) is 13.5. The van der Waals surface area contributed by atoms with E-state index in [1.165, 1.54) is 5.56 Å². The first-order valence-electron chi connectivity index (χ1n) is 7.75. The van der Waals surface area contributed by atoms with Crippen molar-refractivity contribution in [2.45, 2.75) is 6.42 Å². The Balaban J connectivity index is 1.81. The van der Waals surface area contributed by atoms with Gasteiger partial charge in [0.15, 0.2) is 11.5 Å². The first-order chi connectivity index (χ1) is 11.8. The van der Waals surface area contributed by atoms with Crippen molar-refractivity contribution in [1.82, 2.24) is 4.98 Å². The summed E-state index contributed by atoms with van der Waals surface area (Å²) in [5.41, 5.74) is 4.42. The fourth-order valence-corrected chi connectivity index (χ4v) is 3.64. The molecule has 0 bridgehead atoms. The minimum absolute atomic E-state index is 0.279. The standard InChI is InChI=1S/C19H15NO4/c1-21-14-3-4-15(22-2)18-12-5-10-6-16-17(24-9-23-16)7-11(10)19(12)20-8-13(14)18/h3-4,6-8H,5,9H2,1-2H3. The van der Waals surface area contributed by atoms with Crippen molar-refractivity contribution in [3.8, 4) is 34.3 Å². The second kappa shape index (κ2) is 4.77. The van der Waals surface area contributed by atoms with E-state index in [0.717, 1.165) is 57.0 Å². The Morgan fingerprint density at radius 3 is 2.54 bits per heavy atom. The van der Waals surface area contributed by atoms with Crippen molar-refractivity contribution in [1.29, 1.82) is 0 Å². The Bertz CT molecular complexity index is 997. The summed E-state index contributed by atoms with van der Waals surface area (Å²) in [6.45, 7) is 0.279. The van der Waals surface area contributed by atoms with Crippen LogP contribution in [0.15, 0.2) is 30.5 Å². The van der Waals surface area contributed by atoms with Crippen LogP contribution < -0.4 is 18.9 Å². The normalized spacial score (nSPS) is 13.8. The number of nitrogens with zero attached hydrogens (tertiary/aromatic N) is 1. The van der Waals surface area contributed by atoms with Gasteiger partial charge in [0.25, 0.3) is 0 Å². The summed E-state index contributed by atoms with van der Waals surface area (Å²) in [7, 11) is 3.36. The molecule has 5 rings (SSSR count). The molecule has 120 valence electrons. The van der Waals surface area contributed by atoms with E-state index in [0.29, 0.717) is 0 Å². The molecule has 2 heterocycles. The molecule has 0 saturated carbocycles. The lowest BCUT2D eigenvalue weighted by Gasteiger charge is -2.12. The van der Waals surface area contributed by atoms with E-state index in [4.69, 9.17) is 23.9 Å². The SMILES string of the molecule is COc1ccc(OC)c2c3c(ncc12)-c1cc2c(cc1C3)OCO2. The molecule has 0 radical (unpaired) electrons. The molecule has 2 aromatic carbocycles. The summed E-state index contributed by atoms with van der Waals surface area (Å²) in [6, 6.07) is 7.93. The highest BCUT2D eigenvalue weighted by Crippen LogP contribution is 2.47. The fraction of sp³-hybridized carbons (Fsp3) is 0.211. The Morgan fingerprint density at radius 1 is 1.00 bits per heavy atom. The number of aromatic nitrogens is 1. The molecule has 2 aliphatic rings. The number of methoxy groups -OCH3 is 2. The van der Waals surface area contributed by atoms with Crippen LogP contribution in [-0.2, 0) is 6.42 Å². The molecule has 5 nitrogen and oxygen atoms in total. The average molecular weight is 321 g/mol. The zero-order valence-electron chi connectivity index (χ0n) is 13.4. The van der Waals surface area contributed by atoms with Crippen molar-refractivity contribution >= 4 is 10.8 Å². The number of benzene rings is 2. The Labute approximate surface area is 138 Å². The molecule has 1 aliphatic carbocycles. The largest absolute Gasteiger partial charge is 0.496 e. The number of pyridine rings is 1. The summed E-state index contributed by atoms with van der Waals surface area (Å²) >= 11 is 0. The average Bonchev–Trinajstić information content (AvgIpc) is 3.21. The van der Waals surface area contributed by atoms with Gasteiger partial charge in [0.1, 0.15) is 11.5 Å². The van der Waals surface area contributed by atoms with Crippen LogP contribution in [0, 0.1) is 0 Å². The summed E-state index contributed by atoms with van der Waals surface area (Å²) in [6.07, 6.45) is 2.64. The zero-order valence-corrected chi connectivity index (χ0v) is 13.4. The van der Waals surface area contributed by atoms with E-state index in [2.05, 4.69) is 6.07 Å². The lowest BCUT2D eigenvalue weighted by molar-refractivity contribution is 0.174. The Hall–Kier alpha value is -2.95. The van der Waals surface area contributed by atoms with Crippen molar-refractivity contribution in [3.63, 3.8) is 0 Å². The summed E-state index contributed by atoms with van der Waals surface area (Å²) in [5, 5.41) is 2.02. The van der Waals surface area contributed by atoms with Gasteiger partial charge < -0.3 is 18.9 Å². The number of hydrogen-bond acceptors (Lipinski definition) is 5. The van der Waals surface area contributed by atoms with Crippen LogP contribution in [-0.4, -0.2) is 26.0 Å². The van der Waals surface area contributed by atoms with Crippen LogP contribution >= 0.6 is 0 Å². The molecular weight excluding hydrogens is 306 g/mol. The molecule has 0 saturated heterocycles. The first-order valence-corrected chi connectivity index (χ1v) is 7.75. The molecule has 24 heavy (non-hydrogen) atoms. The van der Waals surface area contributed by atoms with E-state index < -0.39 is 0 Å². The molecule has 0 fully saturated rings. The second-order valence-corrected chi connectivity index (χ2v) is 5.88. The fourth-order valence-electron chi connectivity index (χ4n) is 3.64. The van der Waals surface area contributed by atoms with Gasteiger partial charge in [-0.15, -0.1) is 0 Å². The molecule has 5 heteroatoms. The van der Waals surface area contributed by atoms with Crippen molar-refractivity contribution < 1.29 is 18.9 Å². The maximum absolute atomic E-state index is 5.60. The van der Waals surface area contributed by atoms with Crippen LogP contribution in [0.25, 0.3) is 22.0 Å². The third kappa shape index (κ3) is 1.67. The molecular formula is C19H15NO4. The molecule has 3 aromatic rings. The van der Waals surface area contributed by atoms with Gasteiger partial charge in [-0.2, -0.15) is 0 Å². The monoisotopic (exact) mass is 321 g/mol. The third-order valence-corrected chi connectivity index (χ3v) is 4.74. The highest BCUT2D eigenvalue weighted by molar-refractivity contribution is 6.00. The summed E-state index contributed by atoms with van der Waals surface area (Å²) in [4.78, 5) is 4.71. The number of rotatable bonds is 2. The molecule has 0 N–H and O–H groups in total. The molecule has 1 aromatic heterocycles. The topological polar surface area (TPSA) is 49.8 Å². The van der Waals surface area contributed by atoms with E-state index in [1.807, 2.05) is 24.4 Å². The maximum atomic E-state index is 5.60. The predicted octanol–water partition coefficient (Wildman–Crippen LogP) is 3.55. The Morgan fingerprint density at radius 2 is 1.75 bits per heavy atom. The summed E-state index contributed by atoms with van der Waals surface area (Å²) < 4.78 is 22.1. The van der Waals surface area contributed by atoms with E-state index in [1.54, 1.807) is 14.2 Å². The lowest BCUT2D eigenvalue weighted by atomic mass is 10.0. The van der Waals surface area contributed by atoms with Gasteiger partial charge in [-0.05, 0) is 35.4 Å². The third-order valence-electron chi connectivity index (χ3n) is 4.74. The van der Waals surface area contributed by atoms with E-state index in [9.17, 15) is 0 Å². The Kier molecular flexibility index (Phi) is 2.68. The van der Waals surface area contributed by atoms with E-state index in [-0.39, 0.29) is 6.79 Å². The van der Waals surface area contributed by atoms with Gasteiger partial charge in [-0.3, -0.25) is 4.98 Å². The number of fused-ring (bicyclic) bond motifs is 6. The van der Waals surface area contributed by atoms with Crippen LogP contribution in [0.2, 0.25) is 0 Å². The second-order valence-electron chi connectivity index (χ2n) is 5.88. The highest BCUT2D eigenvalue weighted by atomic mass is 16.7. The minimum Gasteiger partial charge on any atom is -0.496 e. The molecule has 0 unspecified atom stereocenters. The highest BCUT2D eigenvalue weighted by Gasteiger charge is 2.28. The maximum Gasteiger partial charge on any atom is 0.231 e. The van der Waals surface area contributed by atoms with E-state index >= 15 is 0 Å². The quantitative estimate of drug-likeness (QED) is 0.565. The molecule has 0 spiro atoms. The van der Waals surface area contributed by atoms with Crippen molar-refractivity contribution in [2.24, 2.45) is 0 Å². The van der Waals surface area contributed by atoms with Crippen LogP contribution in [0.4, 0.5) is 0 Å². The van der Waals surface area contributed by atoms with Gasteiger partial charge in [-0.25, -0.2) is 0 Å². The van der Waals surface area contributed by atoms with Crippen LogP contribution in [0.1, 0.15) is 11.1 Å². The number of hydrogen-bond donors (Lipinski definition) is 0. The molecule has 0 amide bonds. The molecule has 1 aliphatic heterocycles. The lowest BCUT2D eigenvalue weighted by Crippen LogP contribution is -1.95. The van der Waals surface area contributed by atoms with Gasteiger partial charge in [-0.1, -0.05) is 0 Å².